The van der Waals surface area contributed by atoms with Crippen molar-refractivity contribution in [3.05, 3.63) is 83.8 Å². The van der Waals surface area contributed by atoms with E-state index < -0.39 is 17.6 Å². The molecule has 3 aromatic carbocycles. The van der Waals surface area contributed by atoms with E-state index in [1.165, 1.54) is 31.4 Å². The SMILES string of the molecule is COc1cc2c(cc1NC(=O)/C=C(/C)NNC(=O)c1ccccc1F)oc1ccccc12. The number of fused-ring (bicyclic) bond motifs is 3. The number of hydrogen-bond donors (Lipinski definition) is 3. The minimum atomic E-state index is -0.659. The number of para-hydroxylation sites is 1. The molecule has 7 nitrogen and oxygen atoms in total. The minimum absolute atomic E-state index is 0.110. The largest absolute Gasteiger partial charge is 0.495 e. The summed E-state index contributed by atoms with van der Waals surface area (Å²) in [5.74, 6) is -1.28. The third-order valence-corrected chi connectivity index (χ3v) is 4.80. The van der Waals surface area contributed by atoms with Gasteiger partial charge in [-0.3, -0.25) is 15.0 Å². The summed E-state index contributed by atoms with van der Waals surface area (Å²) in [6, 6.07) is 16.7. The Morgan fingerprint density at radius 1 is 0.969 bits per heavy atom. The van der Waals surface area contributed by atoms with E-state index >= 15 is 0 Å². The lowest BCUT2D eigenvalue weighted by Crippen LogP contribution is -2.36. The van der Waals surface area contributed by atoms with Crippen molar-refractivity contribution in [2.45, 2.75) is 6.92 Å². The van der Waals surface area contributed by atoms with Crippen molar-refractivity contribution in [2.75, 3.05) is 12.4 Å². The number of benzene rings is 3. The van der Waals surface area contributed by atoms with Crippen molar-refractivity contribution in [3.63, 3.8) is 0 Å². The fraction of sp³-hybridized carbons (Fsp3) is 0.0833. The average molecular weight is 433 g/mol. The molecule has 0 fully saturated rings. The molecule has 0 aliphatic rings. The van der Waals surface area contributed by atoms with Crippen LogP contribution in [0, 0.1) is 5.82 Å². The van der Waals surface area contributed by atoms with Gasteiger partial charge < -0.3 is 19.9 Å². The number of rotatable bonds is 6. The first-order valence-electron chi connectivity index (χ1n) is 9.75. The fourth-order valence-electron chi connectivity index (χ4n) is 3.29. The van der Waals surface area contributed by atoms with E-state index in [1.807, 2.05) is 24.3 Å². The first kappa shape index (κ1) is 20.9. The van der Waals surface area contributed by atoms with Crippen LogP contribution in [0.4, 0.5) is 10.1 Å². The molecule has 0 aliphatic heterocycles. The van der Waals surface area contributed by atoms with Gasteiger partial charge in [-0.2, -0.15) is 0 Å². The molecule has 1 aromatic heterocycles. The van der Waals surface area contributed by atoms with E-state index in [9.17, 15) is 14.0 Å². The van der Waals surface area contributed by atoms with E-state index in [0.29, 0.717) is 22.7 Å². The summed E-state index contributed by atoms with van der Waals surface area (Å²) in [7, 11) is 1.51. The van der Waals surface area contributed by atoms with E-state index in [0.717, 1.165) is 16.4 Å². The minimum Gasteiger partial charge on any atom is -0.495 e. The molecule has 4 aromatic rings. The molecule has 1 heterocycles. The zero-order chi connectivity index (χ0) is 22.7. The van der Waals surface area contributed by atoms with Crippen LogP contribution in [0.5, 0.6) is 5.75 Å². The molecule has 32 heavy (non-hydrogen) atoms. The molecule has 0 atom stereocenters. The monoisotopic (exact) mass is 433 g/mol. The van der Waals surface area contributed by atoms with E-state index in [-0.39, 0.29) is 5.56 Å². The normalized spacial score (nSPS) is 11.4. The standard InChI is InChI=1S/C24H20FN3O4/c1-14(27-28-24(30)16-8-3-5-9-18(16)25)11-23(29)26-19-13-21-17(12-22(19)31-2)15-7-4-6-10-20(15)32-21/h3-13,27H,1-2H3,(H,26,29)(H,28,30)/b14-11-. The van der Waals surface area contributed by atoms with Crippen molar-refractivity contribution < 1.29 is 23.1 Å². The number of nitrogens with one attached hydrogen (secondary N) is 3. The van der Waals surface area contributed by atoms with Crippen LogP contribution >= 0.6 is 0 Å². The Labute approximate surface area is 182 Å². The van der Waals surface area contributed by atoms with Crippen LogP contribution in [0.25, 0.3) is 21.9 Å². The highest BCUT2D eigenvalue weighted by atomic mass is 19.1. The average Bonchev–Trinajstić information content (AvgIpc) is 3.14. The molecule has 0 aliphatic carbocycles. The summed E-state index contributed by atoms with van der Waals surface area (Å²) in [5.41, 5.74) is 6.95. The lowest BCUT2D eigenvalue weighted by atomic mass is 10.1. The molecule has 8 heteroatoms. The van der Waals surface area contributed by atoms with Crippen molar-refractivity contribution in [3.8, 4) is 5.75 Å². The number of anilines is 1. The van der Waals surface area contributed by atoms with Crippen molar-refractivity contribution in [1.82, 2.24) is 10.9 Å². The first-order valence-corrected chi connectivity index (χ1v) is 9.75. The molecule has 0 radical (unpaired) electrons. The maximum absolute atomic E-state index is 13.7. The Morgan fingerprint density at radius 3 is 2.50 bits per heavy atom. The molecule has 2 amide bonds. The molecule has 0 unspecified atom stereocenters. The molecule has 162 valence electrons. The van der Waals surface area contributed by atoms with Gasteiger partial charge in [-0.05, 0) is 31.2 Å². The molecule has 3 N–H and O–H groups in total. The predicted molar refractivity (Wildman–Crippen MR) is 120 cm³/mol. The zero-order valence-electron chi connectivity index (χ0n) is 17.4. The van der Waals surface area contributed by atoms with Gasteiger partial charge in [0.25, 0.3) is 5.91 Å². The van der Waals surface area contributed by atoms with Crippen LogP contribution < -0.4 is 20.9 Å². The van der Waals surface area contributed by atoms with Gasteiger partial charge in [0.15, 0.2) is 0 Å². The predicted octanol–water partition coefficient (Wildman–Crippen LogP) is 4.51. The van der Waals surface area contributed by atoms with Crippen molar-refractivity contribution >= 4 is 39.4 Å². The topological polar surface area (TPSA) is 92.6 Å². The number of hydrazine groups is 1. The van der Waals surface area contributed by atoms with Crippen molar-refractivity contribution in [2.24, 2.45) is 0 Å². The summed E-state index contributed by atoms with van der Waals surface area (Å²) in [5, 5.41) is 4.57. The van der Waals surface area contributed by atoms with Crippen LogP contribution in [0.2, 0.25) is 0 Å². The van der Waals surface area contributed by atoms with Gasteiger partial charge in [-0.1, -0.05) is 30.3 Å². The molecular weight excluding hydrogens is 413 g/mol. The van der Waals surface area contributed by atoms with E-state index in [1.54, 1.807) is 25.1 Å². The van der Waals surface area contributed by atoms with Gasteiger partial charge in [0, 0.05) is 28.6 Å². The molecule has 4 rings (SSSR count). The Balaban J connectivity index is 1.48. The number of amides is 2. The Hall–Kier alpha value is -4.33. The number of methoxy groups -OCH3 is 1. The van der Waals surface area contributed by atoms with E-state index in [2.05, 4.69) is 16.2 Å². The number of halogens is 1. The highest BCUT2D eigenvalue weighted by Crippen LogP contribution is 2.36. The molecule has 0 spiro atoms. The van der Waals surface area contributed by atoms with Gasteiger partial charge in [0.2, 0.25) is 5.91 Å². The lowest BCUT2D eigenvalue weighted by molar-refractivity contribution is -0.112. The number of ether oxygens (including phenoxy) is 1. The molecule has 0 saturated heterocycles. The summed E-state index contributed by atoms with van der Waals surface area (Å²) >= 11 is 0. The third-order valence-electron chi connectivity index (χ3n) is 4.80. The maximum atomic E-state index is 13.7. The molecule has 0 bridgehead atoms. The van der Waals surface area contributed by atoms with Gasteiger partial charge in [0.1, 0.15) is 22.7 Å². The van der Waals surface area contributed by atoms with Crippen LogP contribution in [-0.4, -0.2) is 18.9 Å². The van der Waals surface area contributed by atoms with E-state index in [4.69, 9.17) is 9.15 Å². The van der Waals surface area contributed by atoms with Gasteiger partial charge in [-0.25, -0.2) is 4.39 Å². The number of carbonyl (C=O) groups excluding carboxylic acids is 2. The second kappa shape index (κ2) is 8.81. The van der Waals surface area contributed by atoms with Crippen LogP contribution in [0.15, 0.2) is 76.9 Å². The highest BCUT2D eigenvalue weighted by molar-refractivity contribution is 6.08. The summed E-state index contributed by atoms with van der Waals surface area (Å²) < 4.78 is 25.0. The zero-order valence-corrected chi connectivity index (χ0v) is 17.4. The number of hydrogen-bond acceptors (Lipinski definition) is 5. The smallest absolute Gasteiger partial charge is 0.272 e. The second-order valence-corrected chi connectivity index (χ2v) is 7.02. The summed E-state index contributed by atoms with van der Waals surface area (Å²) in [4.78, 5) is 24.5. The summed E-state index contributed by atoms with van der Waals surface area (Å²) in [6.07, 6.45) is 1.25. The summed E-state index contributed by atoms with van der Waals surface area (Å²) in [6.45, 7) is 1.58. The number of furan rings is 1. The van der Waals surface area contributed by atoms with Gasteiger partial charge >= 0.3 is 0 Å². The molecule has 0 saturated carbocycles. The third kappa shape index (κ3) is 4.24. The van der Waals surface area contributed by atoms with Crippen LogP contribution in [-0.2, 0) is 4.79 Å². The lowest BCUT2D eigenvalue weighted by Gasteiger charge is -2.11. The Bertz CT molecular complexity index is 1360. The second-order valence-electron chi connectivity index (χ2n) is 7.02. The molecular formula is C24H20FN3O4. The Kier molecular flexibility index (Phi) is 5.76. The first-order chi connectivity index (χ1) is 15.5. The van der Waals surface area contributed by atoms with Gasteiger partial charge in [0.05, 0.1) is 18.4 Å². The number of allylic oxidation sites excluding steroid dienone is 1. The number of carbonyl (C=O) groups is 2. The van der Waals surface area contributed by atoms with Crippen LogP contribution in [0.3, 0.4) is 0 Å². The quantitative estimate of drug-likeness (QED) is 0.307. The van der Waals surface area contributed by atoms with Crippen LogP contribution in [0.1, 0.15) is 17.3 Å². The highest BCUT2D eigenvalue weighted by Gasteiger charge is 2.14. The Morgan fingerprint density at radius 2 is 1.72 bits per heavy atom. The van der Waals surface area contributed by atoms with Gasteiger partial charge in [-0.15, -0.1) is 0 Å². The fourth-order valence-corrected chi connectivity index (χ4v) is 3.29. The van der Waals surface area contributed by atoms with Crippen molar-refractivity contribution in [1.29, 1.82) is 0 Å². The maximum Gasteiger partial charge on any atom is 0.272 e.